The summed E-state index contributed by atoms with van der Waals surface area (Å²) in [5, 5.41) is 0. The van der Waals surface area contributed by atoms with E-state index in [9.17, 15) is 14.4 Å². The summed E-state index contributed by atoms with van der Waals surface area (Å²) in [6.45, 7) is 6.62. The van der Waals surface area contributed by atoms with E-state index in [2.05, 4.69) is 69.4 Å². The summed E-state index contributed by atoms with van der Waals surface area (Å²) in [5.74, 6) is -0.878. The molecule has 0 aliphatic carbocycles. The molecule has 0 aromatic carbocycles. The van der Waals surface area contributed by atoms with Crippen molar-refractivity contribution in [2.75, 3.05) is 13.2 Å². The van der Waals surface area contributed by atoms with E-state index in [1.54, 1.807) is 0 Å². The molecule has 0 fully saturated rings. The minimum Gasteiger partial charge on any atom is -0.462 e. The topological polar surface area (TPSA) is 78.9 Å². The second kappa shape index (κ2) is 64.9. The molecule has 0 aromatic heterocycles. The fraction of sp³-hybridized carbons (Fsp3) is 0.843. The second-order valence-electron chi connectivity index (χ2n) is 22.7. The molecule has 0 aromatic rings. The molecule has 0 N–H and O–H groups in total. The Kier molecular flexibility index (Phi) is 62.6. The fourth-order valence-electron chi connectivity index (χ4n) is 9.96. The maximum Gasteiger partial charge on any atom is 0.306 e. The third-order valence-corrected chi connectivity index (χ3v) is 15.1. The van der Waals surface area contributed by atoms with Crippen molar-refractivity contribution >= 4 is 17.9 Å². The van der Waals surface area contributed by atoms with Gasteiger partial charge >= 0.3 is 17.9 Å². The van der Waals surface area contributed by atoms with Crippen molar-refractivity contribution in [2.24, 2.45) is 0 Å². The molecular weight excluding hydrogens is 937 g/mol. The number of allylic oxidation sites excluding steroid dienone is 8. The molecule has 6 nitrogen and oxygen atoms in total. The predicted octanol–water partition coefficient (Wildman–Crippen LogP) is 22.9. The van der Waals surface area contributed by atoms with E-state index in [1.165, 1.54) is 231 Å². The molecule has 0 spiro atoms. The van der Waals surface area contributed by atoms with Crippen LogP contribution in [0.4, 0.5) is 0 Å². The standard InChI is InChI=1S/C70H128O6/c1-4-7-10-13-16-19-22-25-28-30-32-33-34-35-36-37-38-39-41-42-45-48-51-54-57-60-63-69(72)75-66-67(65-74-68(71)62-59-56-53-50-47-44-27-24-21-18-15-12-9-6-3)76-70(73)64-61-58-55-52-49-46-43-40-31-29-26-23-20-17-14-11-8-5-2/h15,18,20,23-24,27,29,31,67H,4-14,16-17,19,21-22,25-26,28,30,32-66H2,1-3H3/b18-15-,23-20-,27-24-,31-29-. The minimum atomic E-state index is -0.783. The van der Waals surface area contributed by atoms with E-state index >= 15 is 0 Å². The first kappa shape index (κ1) is 73.4. The van der Waals surface area contributed by atoms with Crippen LogP contribution in [0.5, 0.6) is 0 Å². The molecule has 0 aliphatic rings. The van der Waals surface area contributed by atoms with E-state index in [1.807, 2.05) is 0 Å². The van der Waals surface area contributed by atoms with Gasteiger partial charge in [-0.3, -0.25) is 14.4 Å². The van der Waals surface area contributed by atoms with Crippen LogP contribution in [0.15, 0.2) is 48.6 Å². The summed E-state index contributed by atoms with van der Waals surface area (Å²) >= 11 is 0. The Morgan fingerprint density at radius 2 is 0.487 bits per heavy atom. The molecule has 0 saturated heterocycles. The first-order valence-electron chi connectivity index (χ1n) is 33.6. The van der Waals surface area contributed by atoms with Crippen LogP contribution in [0, 0.1) is 0 Å². The molecule has 1 unspecified atom stereocenters. The first-order valence-corrected chi connectivity index (χ1v) is 33.6. The normalized spacial score (nSPS) is 12.3. The monoisotopic (exact) mass is 1060 g/mol. The summed E-state index contributed by atoms with van der Waals surface area (Å²) < 4.78 is 16.9. The molecule has 0 radical (unpaired) electrons. The molecule has 444 valence electrons. The molecule has 0 amide bonds. The highest BCUT2D eigenvalue weighted by molar-refractivity contribution is 5.71. The van der Waals surface area contributed by atoms with Crippen LogP contribution in [0.1, 0.15) is 361 Å². The Hall–Kier alpha value is -2.63. The van der Waals surface area contributed by atoms with Crippen molar-refractivity contribution in [3.63, 3.8) is 0 Å². The first-order chi connectivity index (χ1) is 37.5. The lowest BCUT2D eigenvalue weighted by Gasteiger charge is -2.18. The van der Waals surface area contributed by atoms with Crippen LogP contribution in [-0.2, 0) is 28.6 Å². The minimum absolute atomic E-state index is 0.0774. The summed E-state index contributed by atoms with van der Waals surface area (Å²) in [6.07, 6.45) is 81.3. The van der Waals surface area contributed by atoms with Gasteiger partial charge < -0.3 is 14.2 Å². The van der Waals surface area contributed by atoms with Crippen molar-refractivity contribution in [3.8, 4) is 0 Å². The maximum absolute atomic E-state index is 12.9. The molecule has 0 bridgehead atoms. The third-order valence-electron chi connectivity index (χ3n) is 15.1. The lowest BCUT2D eigenvalue weighted by Crippen LogP contribution is -2.30. The van der Waals surface area contributed by atoms with E-state index in [4.69, 9.17) is 14.2 Å². The van der Waals surface area contributed by atoms with Gasteiger partial charge in [-0.25, -0.2) is 0 Å². The van der Waals surface area contributed by atoms with Crippen molar-refractivity contribution in [1.82, 2.24) is 0 Å². The Bertz CT molecular complexity index is 1310. The number of esters is 3. The van der Waals surface area contributed by atoms with Crippen molar-refractivity contribution in [2.45, 2.75) is 367 Å². The van der Waals surface area contributed by atoms with Crippen LogP contribution < -0.4 is 0 Å². The number of unbranched alkanes of at least 4 members (excludes halogenated alkanes) is 43. The van der Waals surface area contributed by atoms with Crippen LogP contribution in [-0.4, -0.2) is 37.2 Å². The fourth-order valence-corrected chi connectivity index (χ4v) is 9.96. The van der Waals surface area contributed by atoms with Gasteiger partial charge in [0.2, 0.25) is 0 Å². The number of hydrogen-bond donors (Lipinski definition) is 0. The summed E-state index contributed by atoms with van der Waals surface area (Å²) in [7, 11) is 0. The average molecular weight is 1070 g/mol. The lowest BCUT2D eigenvalue weighted by atomic mass is 10.0. The molecule has 6 heteroatoms. The van der Waals surface area contributed by atoms with Gasteiger partial charge in [0.25, 0.3) is 0 Å². The number of carbonyl (C=O) groups excluding carboxylic acids is 3. The van der Waals surface area contributed by atoms with Crippen molar-refractivity contribution < 1.29 is 28.6 Å². The predicted molar refractivity (Wildman–Crippen MR) is 330 cm³/mol. The van der Waals surface area contributed by atoms with Crippen LogP contribution >= 0.6 is 0 Å². The van der Waals surface area contributed by atoms with Gasteiger partial charge in [-0.2, -0.15) is 0 Å². The van der Waals surface area contributed by atoms with Crippen molar-refractivity contribution in [3.05, 3.63) is 48.6 Å². The highest BCUT2D eigenvalue weighted by Crippen LogP contribution is 2.18. The zero-order valence-electron chi connectivity index (χ0n) is 51.0. The Labute approximate surface area is 473 Å². The number of rotatable bonds is 62. The Morgan fingerprint density at radius 3 is 0.776 bits per heavy atom. The molecule has 0 rings (SSSR count). The number of hydrogen-bond acceptors (Lipinski definition) is 6. The summed E-state index contributed by atoms with van der Waals surface area (Å²) in [6, 6.07) is 0. The maximum atomic E-state index is 12.9. The van der Waals surface area contributed by atoms with E-state index < -0.39 is 6.10 Å². The summed E-state index contributed by atoms with van der Waals surface area (Å²) in [5.41, 5.74) is 0. The largest absolute Gasteiger partial charge is 0.462 e. The van der Waals surface area contributed by atoms with Gasteiger partial charge in [0.1, 0.15) is 13.2 Å². The van der Waals surface area contributed by atoms with Gasteiger partial charge in [-0.1, -0.05) is 313 Å². The van der Waals surface area contributed by atoms with Gasteiger partial charge in [-0.05, 0) is 77.0 Å². The number of carbonyl (C=O) groups is 3. The SMILES string of the molecule is CCCC/C=C\C/C=C\CCCCCCCC(=O)OCC(COC(=O)CCCCCCCCCCCCCCCCCCCCCCCCCCCC)OC(=O)CCCCCCCCC/C=C\C/C=C\CCCCCC. The molecule has 0 heterocycles. The van der Waals surface area contributed by atoms with Crippen LogP contribution in [0.25, 0.3) is 0 Å². The quantitative estimate of drug-likeness (QED) is 0.0261. The lowest BCUT2D eigenvalue weighted by molar-refractivity contribution is -0.167. The van der Waals surface area contributed by atoms with E-state index in [-0.39, 0.29) is 31.1 Å². The molecule has 76 heavy (non-hydrogen) atoms. The van der Waals surface area contributed by atoms with Crippen molar-refractivity contribution in [1.29, 1.82) is 0 Å². The Balaban J connectivity index is 4.25. The van der Waals surface area contributed by atoms with Crippen LogP contribution in [0.3, 0.4) is 0 Å². The Morgan fingerprint density at radius 1 is 0.263 bits per heavy atom. The van der Waals surface area contributed by atoms with Gasteiger partial charge in [0, 0.05) is 19.3 Å². The zero-order valence-corrected chi connectivity index (χ0v) is 51.0. The zero-order chi connectivity index (χ0) is 55.0. The highest BCUT2D eigenvalue weighted by atomic mass is 16.6. The third kappa shape index (κ3) is 62.2. The number of ether oxygens (including phenoxy) is 3. The second-order valence-corrected chi connectivity index (χ2v) is 22.7. The molecule has 0 aliphatic heterocycles. The highest BCUT2D eigenvalue weighted by Gasteiger charge is 2.19. The molecular formula is C70H128O6. The van der Waals surface area contributed by atoms with E-state index in [0.29, 0.717) is 19.3 Å². The van der Waals surface area contributed by atoms with Crippen LogP contribution in [0.2, 0.25) is 0 Å². The molecule has 1 atom stereocenters. The van der Waals surface area contributed by atoms with Gasteiger partial charge in [-0.15, -0.1) is 0 Å². The van der Waals surface area contributed by atoms with Gasteiger partial charge in [0.15, 0.2) is 6.10 Å². The summed E-state index contributed by atoms with van der Waals surface area (Å²) in [4.78, 5) is 38.3. The smallest absolute Gasteiger partial charge is 0.306 e. The molecule has 0 saturated carbocycles. The average Bonchev–Trinajstić information content (AvgIpc) is 3.42. The van der Waals surface area contributed by atoms with E-state index in [0.717, 1.165) is 89.9 Å². The van der Waals surface area contributed by atoms with Gasteiger partial charge in [0.05, 0.1) is 0 Å².